The molecule has 192 valence electrons. The lowest BCUT2D eigenvalue weighted by atomic mass is 9.89. The minimum Gasteiger partial charge on any atom is -0.493 e. The molecule has 0 bridgehead atoms. The molecule has 38 heavy (non-hydrogen) atoms. The van der Waals surface area contributed by atoms with Crippen LogP contribution in [-0.4, -0.2) is 48.8 Å². The van der Waals surface area contributed by atoms with Gasteiger partial charge in [-0.2, -0.15) is 4.98 Å². The lowest BCUT2D eigenvalue weighted by molar-refractivity contribution is -0.0180. The van der Waals surface area contributed by atoms with E-state index in [4.69, 9.17) is 18.7 Å². The highest BCUT2D eigenvalue weighted by Crippen LogP contribution is 2.39. The van der Waals surface area contributed by atoms with E-state index < -0.39 is 5.69 Å². The Hall–Kier alpha value is -4.84. The van der Waals surface area contributed by atoms with E-state index in [1.807, 2.05) is 36.4 Å². The van der Waals surface area contributed by atoms with Crippen molar-refractivity contribution in [3.8, 4) is 28.8 Å². The van der Waals surface area contributed by atoms with Gasteiger partial charge in [-0.1, -0.05) is 29.4 Å². The summed E-state index contributed by atoms with van der Waals surface area (Å²) in [6.45, 7) is 2.29. The summed E-state index contributed by atoms with van der Waals surface area (Å²) in [6.07, 6.45) is 3.64. The summed E-state index contributed by atoms with van der Waals surface area (Å²) in [5.74, 6) is 2.56. The first-order valence-electron chi connectivity index (χ1n) is 11.9. The monoisotopic (exact) mass is 513 g/mol. The molecule has 0 saturated heterocycles. The van der Waals surface area contributed by atoms with Crippen LogP contribution >= 0.6 is 0 Å². The van der Waals surface area contributed by atoms with E-state index in [9.17, 15) is 4.79 Å². The number of H-pyrrole nitrogens is 1. The van der Waals surface area contributed by atoms with Crippen molar-refractivity contribution in [3.63, 3.8) is 0 Å². The van der Waals surface area contributed by atoms with Crippen LogP contribution in [0.3, 0.4) is 0 Å². The molecule has 0 amide bonds. The molecular weight excluding hydrogens is 490 g/mol. The smallest absolute Gasteiger partial charge is 0.350 e. The molecule has 6 rings (SSSR count). The number of rotatable bonds is 7. The second-order valence-corrected chi connectivity index (χ2v) is 8.69. The largest absolute Gasteiger partial charge is 0.493 e. The Morgan fingerprint density at radius 2 is 1.97 bits per heavy atom. The molecule has 1 aliphatic rings. The molecule has 0 saturated carbocycles. The molecule has 1 atom stereocenters. The van der Waals surface area contributed by atoms with E-state index >= 15 is 0 Å². The van der Waals surface area contributed by atoms with Gasteiger partial charge < -0.3 is 18.7 Å². The molecule has 12 heteroatoms. The van der Waals surface area contributed by atoms with E-state index in [1.54, 1.807) is 32.5 Å². The van der Waals surface area contributed by atoms with Crippen LogP contribution < -0.4 is 15.2 Å². The van der Waals surface area contributed by atoms with Crippen LogP contribution in [0.2, 0.25) is 0 Å². The fourth-order valence-electron chi connectivity index (χ4n) is 4.41. The van der Waals surface area contributed by atoms with E-state index in [0.29, 0.717) is 42.1 Å². The molecule has 1 N–H and O–H groups in total. The van der Waals surface area contributed by atoms with E-state index in [-0.39, 0.29) is 18.7 Å². The Kier molecular flexibility index (Phi) is 6.14. The Bertz CT molecular complexity index is 1610. The molecule has 0 spiro atoms. The average molecular weight is 514 g/mol. The molecule has 12 nitrogen and oxygen atoms in total. The summed E-state index contributed by atoms with van der Waals surface area (Å²) in [7, 11) is 1.59. The van der Waals surface area contributed by atoms with Gasteiger partial charge in [0.15, 0.2) is 18.3 Å². The maximum Gasteiger partial charge on any atom is 0.350 e. The highest BCUT2D eigenvalue weighted by Gasteiger charge is 2.26. The first-order chi connectivity index (χ1) is 18.6. The molecular formula is C26H23N7O5. The number of hydrogen-bond donors (Lipinski definition) is 1. The second-order valence-electron chi connectivity index (χ2n) is 8.69. The third-order valence-corrected chi connectivity index (χ3v) is 6.21. The van der Waals surface area contributed by atoms with Crippen molar-refractivity contribution in [3.05, 3.63) is 93.7 Å². The quantitative estimate of drug-likeness (QED) is 0.345. The molecule has 0 radical (unpaired) electrons. The number of benzene rings is 2. The van der Waals surface area contributed by atoms with Gasteiger partial charge in [0.2, 0.25) is 11.7 Å². The van der Waals surface area contributed by atoms with Gasteiger partial charge in [0, 0.05) is 36.4 Å². The molecule has 1 unspecified atom stereocenters. The Morgan fingerprint density at radius 3 is 2.71 bits per heavy atom. The van der Waals surface area contributed by atoms with Gasteiger partial charge in [0.25, 0.3) is 5.95 Å². The molecule has 0 fully saturated rings. The predicted octanol–water partition coefficient (Wildman–Crippen LogP) is 2.96. The van der Waals surface area contributed by atoms with Crippen molar-refractivity contribution < 1.29 is 18.7 Å². The van der Waals surface area contributed by atoms with Gasteiger partial charge >= 0.3 is 5.69 Å². The summed E-state index contributed by atoms with van der Waals surface area (Å²) in [5.41, 5.74) is 3.14. The lowest BCUT2D eigenvalue weighted by Crippen LogP contribution is -2.18. The molecule has 2 aromatic carbocycles. The fraction of sp³-hybridized carbons (Fsp3) is 0.231. The van der Waals surface area contributed by atoms with Crippen LogP contribution in [0.4, 0.5) is 0 Å². The molecule has 5 aromatic rings. The van der Waals surface area contributed by atoms with Gasteiger partial charge in [0.05, 0.1) is 13.7 Å². The zero-order valence-electron chi connectivity index (χ0n) is 20.6. The Labute approximate surface area is 216 Å². The normalized spacial score (nSPS) is 13.5. The van der Waals surface area contributed by atoms with Gasteiger partial charge in [-0.05, 0) is 35.7 Å². The summed E-state index contributed by atoms with van der Waals surface area (Å²) >= 11 is 0. The van der Waals surface area contributed by atoms with Crippen LogP contribution in [0.15, 0.2) is 64.2 Å². The molecule has 1 aliphatic heterocycles. The van der Waals surface area contributed by atoms with Crippen molar-refractivity contribution >= 4 is 0 Å². The Morgan fingerprint density at radius 1 is 1.16 bits per heavy atom. The van der Waals surface area contributed by atoms with Crippen LogP contribution in [0.5, 0.6) is 11.5 Å². The van der Waals surface area contributed by atoms with Crippen LogP contribution in [0.25, 0.3) is 17.3 Å². The standard InChI is InChI=1S/C26H23N7O5/c1-15-29-23(32-38-15)17-6-4-16(5-7-17)10-20(18-11-19-13-36-14-37-22(19)21(12-18)35-2)24-30-26(34)33(31-24)25-27-8-3-9-28-25/h3-9,11-12,20H,10,13-14H2,1-2H3,(H,30,31,34). The average Bonchev–Trinajstić information content (AvgIpc) is 3.57. The maximum absolute atomic E-state index is 12.9. The minimum atomic E-state index is -0.435. The molecule has 3 aromatic heterocycles. The van der Waals surface area contributed by atoms with Crippen LogP contribution in [0.1, 0.15) is 34.3 Å². The highest BCUT2D eigenvalue weighted by atomic mass is 16.7. The lowest BCUT2D eigenvalue weighted by Gasteiger charge is -2.23. The molecule has 0 aliphatic carbocycles. The first kappa shape index (κ1) is 23.6. The zero-order chi connectivity index (χ0) is 26.1. The topological polar surface area (TPSA) is 143 Å². The van der Waals surface area contributed by atoms with Gasteiger partial charge in [-0.15, -0.1) is 9.78 Å². The number of methoxy groups -OCH3 is 1. The van der Waals surface area contributed by atoms with E-state index in [0.717, 1.165) is 26.9 Å². The van der Waals surface area contributed by atoms with Crippen molar-refractivity contribution in [2.75, 3.05) is 13.9 Å². The van der Waals surface area contributed by atoms with Gasteiger partial charge in [-0.25, -0.2) is 14.8 Å². The summed E-state index contributed by atoms with van der Waals surface area (Å²) in [4.78, 5) is 28.4. The van der Waals surface area contributed by atoms with E-state index in [1.165, 1.54) is 0 Å². The number of nitrogens with zero attached hydrogens (tertiary/aromatic N) is 6. The minimum absolute atomic E-state index is 0.160. The first-order valence-corrected chi connectivity index (χ1v) is 11.9. The highest BCUT2D eigenvalue weighted by molar-refractivity contribution is 5.55. The number of aryl methyl sites for hydroxylation is 1. The van der Waals surface area contributed by atoms with Gasteiger partial charge in [-0.3, -0.25) is 4.98 Å². The van der Waals surface area contributed by atoms with Crippen molar-refractivity contribution in [1.82, 2.24) is 34.9 Å². The number of aromatic nitrogens is 7. The summed E-state index contributed by atoms with van der Waals surface area (Å²) in [6, 6.07) is 13.4. The number of aromatic amines is 1. The van der Waals surface area contributed by atoms with E-state index in [2.05, 4.69) is 30.2 Å². The van der Waals surface area contributed by atoms with Crippen LogP contribution in [-0.2, 0) is 17.8 Å². The third kappa shape index (κ3) is 4.52. The molecule has 4 heterocycles. The summed E-state index contributed by atoms with van der Waals surface area (Å²) in [5, 5.41) is 8.56. The van der Waals surface area contributed by atoms with Crippen molar-refractivity contribution in [2.24, 2.45) is 0 Å². The van der Waals surface area contributed by atoms with Gasteiger partial charge in [0.1, 0.15) is 5.82 Å². The van der Waals surface area contributed by atoms with Crippen LogP contribution in [0, 0.1) is 6.92 Å². The van der Waals surface area contributed by atoms with Crippen molar-refractivity contribution in [1.29, 1.82) is 0 Å². The summed E-state index contributed by atoms with van der Waals surface area (Å²) < 4.78 is 23.1. The second kappa shape index (κ2) is 9.90. The SMILES string of the molecule is COc1cc(C(Cc2ccc(-c3noc(C)n3)cc2)c2nn(-c3ncccn3)c(=O)[nH]2)cc2c1OCOC2. The number of nitrogens with one attached hydrogen (secondary N) is 1. The maximum atomic E-state index is 12.9. The Balaban J connectivity index is 1.41. The fourth-order valence-corrected chi connectivity index (χ4v) is 4.41. The number of hydrogen-bond acceptors (Lipinski definition) is 10. The number of fused-ring (bicyclic) bond motifs is 1. The predicted molar refractivity (Wildman–Crippen MR) is 133 cm³/mol. The zero-order valence-corrected chi connectivity index (χ0v) is 20.6. The third-order valence-electron chi connectivity index (χ3n) is 6.21. The number of ether oxygens (including phenoxy) is 3. The van der Waals surface area contributed by atoms with Crippen molar-refractivity contribution in [2.45, 2.75) is 25.9 Å².